The molecule has 2 saturated carbocycles. The third-order valence-corrected chi connectivity index (χ3v) is 7.85. The first-order valence-electron chi connectivity index (χ1n) is 13.5. The van der Waals surface area contributed by atoms with Crippen molar-refractivity contribution < 1.29 is 9.53 Å². The van der Waals surface area contributed by atoms with Crippen molar-refractivity contribution in [3.05, 3.63) is 34.9 Å². The molecule has 0 saturated heterocycles. The van der Waals surface area contributed by atoms with Crippen molar-refractivity contribution in [2.45, 2.75) is 134 Å². The lowest BCUT2D eigenvalue weighted by molar-refractivity contribution is 0.0598. The Kier molecular flexibility index (Phi) is 11.0. The molecular formula is C29H46O2. The number of carbonyl (C=O) groups is 1. The summed E-state index contributed by atoms with van der Waals surface area (Å²) in [7, 11) is 1.54. The first-order chi connectivity index (χ1) is 15.3. The Hall–Kier alpha value is -1.31. The highest BCUT2D eigenvalue weighted by Crippen LogP contribution is 2.36. The zero-order valence-electron chi connectivity index (χ0n) is 20.1. The van der Waals surface area contributed by atoms with E-state index < -0.39 is 0 Å². The zero-order chi connectivity index (χ0) is 21.7. The van der Waals surface area contributed by atoms with E-state index in [4.69, 9.17) is 4.74 Å². The summed E-state index contributed by atoms with van der Waals surface area (Å²) in [5.41, 5.74) is 3.49. The van der Waals surface area contributed by atoms with Crippen molar-refractivity contribution >= 4 is 5.97 Å². The van der Waals surface area contributed by atoms with Crippen LogP contribution in [0.2, 0.25) is 0 Å². The second-order valence-corrected chi connectivity index (χ2v) is 10.2. The van der Waals surface area contributed by atoms with Crippen LogP contribution in [-0.2, 0) is 4.74 Å². The third kappa shape index (κ3) is 7.95. The van der Waals surface area contributed by atoms with Gasteiger partial charge in [-0.1, -0.05) is 108 Å². The normalized spacial score (nSPS) is 21.7. The number of rotatable bonds is 3. The molecule has 2 aliphatic rings. The average molecular weight is 427 g/mol. The maximum Gasteiger partial charge on any atom is 0.338 e. The molecule has 0 aromatic heterocycles. The molecule has 0 atom stereocenters. The number of ether oxygens (including phenoxy) is 1. The van der Waals surface area contributed by atoms with Gasteiger partial charge in [0.25, 0.3) is 0 Å². The highest BCUT2D eigenvalue weighted by atomic mass is 16.5. The van der Waals surface area contributed by atoms with Gasteiger partial charge in [0.1, 0.15) is 0 Å². The molecule has 1 aromatic rings. The lowest BCUT2D eigenvalue weighted by atomic mass is 9.82. The molecule has 2 aliphatic carbocycles. The molecule has 0 N–H and O–H groups in total. The smallest absolute Gasteiger partial charge is 0.338 e. The zero-order valence-corrected chi connectivity index (χ0v) is 20.1. The highest BCUT2D eigenvalue weighted by molar-refractivity contribution is 5.91. The van der Waals surface area contributed by atoms with Crippen LogP contribution in [0.3, 0.4) is 0 Å². The van der Waals surface area contributed by atoms with Crippen molar-refractivity contribution in [3.63, 3.8) is 0 Å². The number of methoxy groups -OCH3 is 1. The summed E-state index contributed by atoms with van der Waals surface area (Å²) in [5, 5.41) is 0. The first-order valence-corrected chi connectivity index (χ1v) is 13.5. The van der Waals surface area contributed by atoms with Gasteiger partial charge < -0.3 is 4.74 Å². The van der Waals surface area contributed by atoms with Crippen LogP contribution in [-0.4, -0.2) is 13.1 Å². The van der Waals surface area contributed by atoms with E-state index in [9.17, 15) is 4.79 Å². The Morgan fingerprint density at radius 2 is 1.06 bits per heavy atom. The van der Waals surface area contributed by atoms with Crippen molar-refractivity contribution in [1.29, 1.82) is 0 Å². The highest BCUT2D eigenvalue weighted by Gasteiger charge is 2.23. The predicted molar refractivity (Wildman–Crippen MR) is 131 cm³/mol. The summed E-state index contributed by atoms with van der Waals surface area (Å²) in [6, 6.07) is 6.90. The molecule has 0 unspecified atom stereocenters. The number of benzene rings is 1. The van der Waals surface area contributed by atoms with Gasteiger partial charge in [-0.05, 0) is 54.7 Å². The number of carbonyl (C=O) groups excluding carboxylic acids is 1. The Bertz CT molecular complexity index is 628. The van der Waals surface area contributed by atoms with Gasteiger partial charge in [-0.15, -0.1) is 0 Å². The Morgan fingerprint density at radius 3 is 1.52 bits per heavy atom. The molecule has 2 nitrogen and oxygen atoms in total. The van der Waals surface area contributed by atoms with Gasteiger partial charge in [-0.3, -0.25) is 0 Å². The van der Waals surface area contributed by atoms with E-state index in [1.807, 2.05) is 0 Å². The monoisotopic (exact) mass is 426 g/mol. The van der Waals surface area contributed by atoms with Crippen molar-refractivity contribution in [2.24, 2.45) is 0 Å². The predicted octanol–water partition coefficient (Wildman–Crippen LogP) is 9.08. The molecule has 174 valence electrons. The fraction of sp³-hybridized carbons (Fsp3) is 0.759. The topological polar surface area (TPSA) is 26.3 Å². The largest absolute Gasteiger partial charge is 0.465 e. The molecule has 0 spiro atoms. The van der Waals surface area contributed by atoms with Crippen LogP contribution < -0.4 is 0 Å². The minimum Gasteiger partial charge on any atom is -0.465 e. The molecule has 31 heavy (non-hydrogen) atoms. The lowest BCUT2D eigenvalue weighted by Gasteiger charge is -2.23. The van der Waals surface area contributed by atoms with Gasteiger partial charge in [0, 0.05) is 0 Å². The van der Waals surface area contributed by atoms with Gasteiger partial charge in [0.05, 0.1) is 12.7 Å². The van der Waals surface area contributed by atoms with E-state index in [1.54, 1.807) is 0 Å². The maximum atomic E-state index is 12.8. The summed E-state index contributed by atoms with van der Waals surface area (Å²) in [4.78, 5) is 12.8. The minimum atomic E-state index is -0.134. The van der Waals surface area contributed by atoms with Crippen molar-refractivity contribution in [3.8, 4) is 0 Å². The van der Waals surface area contributed by atoms with Crippen LogP contribution in [0.5, 0.6) is 0 Å². The fourth-order valence-electron chi connectivity index (χ4n) is 5.91. The fourth-order valence-corrected chi connectivity index (χ4v) is 5.91. The van der Waals surface area contributed by atoms with Crippen LogP contribution in [0.4, 0.5) is 0 Å². The number of esters is 1. The number of hydrogen-bond donors (Lipinski definition) is 0. The van der Waals surface area contributed by atoms with Crippen molar-refractivity contribution in [2.75, 3.05) is 7.11 Å². The van der Waals surface area contributed by atoms with E-state index in [-0.39, 0.29) is 5.97 Å². The summed E-state index contributed by atoms with van der Waals surface area (Å²) in [5.74, 6) is 0.972. The summed E-state index contributed by atoms with van der Waals surface area (Å²) < 4.78 is 5.26. The molecule has 1 aromatic carbocycles. The maximum absolute atomic E-state index is 12.8. The first kappa shape index (κ1) is 24.3. The van der Waals surface area contributed by atoms with Gasteiger partial charge in [-0.2, -0.15) is 0 Å². The Balaban J connectivity index is 1.80. The molecule has 0 bridgehead atoms. The summed E-state index contributed by atoms with van der Waals surface area (Å²) in [6.45, 7) is 0. The molecule has 2 heteroatoms. The van der Waals surface area contributed by atoms with Crippen LogP contribution in [0, 0.1) is 0 Å². The van der Waals surface area contributed by atoms with Crippen LogP contribution >= 0.6 is 0 Å². The molecule has 0 aliphatic heterocycles. The van der Waals surface area contributed by atoms with Gasteiger partial charge in [-0.25, -0.2) is 4.79 Å². The Morgan fingerprint density at radius 1 is 0.645 bits per heavy atom. The second-order valence-electron chi connectivity index (χ2n) is 10.2. The standard InChI is InChI=1S/C29H46O2/c1-31-29(30)28-23-26(24-17-13-9-5-3-2-4-6-10-14-18-24)21-22-27(28)25-19-15-11-7-8-12-16-20-25/h21-25H,2-20H2,1H3. The van der Waals surface area contributed by atoms with Crippen LogP contribution in [0.15, 0.2) is 18.2 Å². The molecular weight excluding hydrogens is 380 g/mol. The third-order valence-electron chi connectivity index (χ3n) is 7.85. The summed E-state index contributed by atoms with van der Waals surface area (Å²) >= 11 is 0. The lowest BCUT2D eigenvalue weighted by Crippen LogP contribution is -2.12. The molecule has 3 rings (SSSR count). The van der Waals surface area contributed by atoms with E-state index in [1.165, 1.54) is 140 Å². The molecule has 0 amide bonds. The quantitative estimate of drug-likeness (QED) is 0.450. The van der Waals surface area contributed by atoms with Crippen molar-refractivity contribution in [1.82, 2.24) is 0 Å². The molecule has 0 radical (unpaired) electrons. The van der Waals surface area contributed by atoms with Crippen LogP contribution in [0.25, 0.3) is 0 Å². The molecule has 0 heterocycles. The average Bonchev–Trinajstić information content (AvgIpc) is 2.93. The SMILES string of the molecule is COC(=O)c1cc(C2CCCCCCCCCCC2)ccc1C1CCCCCCCC1. The van der Waals surface area contributed by atoms with E-state index >= 15 is 0 Å². The minimum absolute atomic E-state index is 0.134. The van der Waals surface area contributed by atoms with Gasteiger partial charge in [0.15, 0.2) is 0 Å². The Labute approximate surface area is 191 Å². The summed E-state index contributed by atoms with van der Waals surface area (Å²) in [6.07, 6.45) is 25.4. The van der Waals surface area contributed by atoms with Gasteiger partial charge >= 0.3 is 5.97 Å². The number of hydrogen-bond acceptors (Lipinski definition) is 2. The van der Waals surface area contributed by atoms with E-state index in [0.717, 1.165) is 5.56 Å². The van der Waals surface area contributed by atoms with Gasteiger partial charge in [0.2, 0.25) is 0 Å². The van der Waals surface area contributed by atoms with E-state index in [2.05, 4.69) is 18.2 Å². The van der Waals surface area contributed by atoms with Crippen LogP contribution in [0.1, 0.15) is 155 Å². The molecule has 2 fully saturated rings. The second kappa shape index (κ2) is 14.0. The van der Waals surface area contributed by atoms with E-state index in [0.29, 0.717) is 11.8 Å².